The molecule has 0 unspecified atom stereocenters. The summed E-state index contributed by atoms with van der Waals surface area (Å²) < 4.78 is 51.8. The average molecular weight is 522 g/mol. The van der Waals surface area contributed by atoms with Crippen LogP contribution in [0, 0.1) is 11.7 Å². The Kier molecular flexibility index (Phi) is 8.78. The zero-order chi connectivity index (χ0) is 26.5. The van der Waals surface area contributed by atoms with Gasteiger partial charge in [-0.3, -0.25) is 13.9 Å². The van der Waals surface area contributed by atoms with Crippen LogP contribution in [-0.4, -0.2) is 63.7 Å². The Bertz CT molecular complexity index is 1200. The number of fused-ring (bicyclic) bond motifs is 1. The lowest BCUT2D eigenvalue weighted by atomic mass is 10.1. The highest BCUT2D eigenvalue weighted by atomic mass is 32.2. The van der Waals surface area contributed by atoms with E-state index in [1.165, 1.54) is 42.2 Å². The molecule has 1 heterocycles. The van der Waals surface area contributed by atoms with Crippen LogP contribution in [-0.2, 0) is 26.2 Å². The number of rotatable bonds is 10. The zero-order valence-electron chi connectivity index (χ0n) is 20.9. The first-order valence-corrected chi connectivity index (χ1v) is 13.5. The largest absolute Gasteiger partial charge is 0.486 e. The number of benzene rings is 2. The number of hydrogen-bond acceptors (Lipinski definition) is 6. The summed E-state index contributed by atoms with van der Waals surface area (Å²) in [6.07, 6.45) is 0.983. The van der Waals surface area contributed by atoms with Crippen molar-refractivity contribution in [1.82, 2.24) is 10.2 Å². The molecule has 0 fully saturated rings. The monoisotopic (exact) mass is 521 g/mol. The first-order chi connectivity index (χ1) is 17.0. The number of nitrogens with one attached hydrogen (secondary N) is 1. The smallest absolute Gasteiger partial charge is 0.244 e. The molecule has 1 aliphatic rings. The Hall–Kier alpha value is -3.34. The maximum Gasteiger partial charge on any atom is 0.244 e. The standard InChI is InChI=1S/C25H32FN3O6S/c1-17(2)14-27-25(31)18(3)28(15-19-7-5-6-8-21(19)26)24(30)16-29(36(4,32)33)20-9-10-22-23(13-20)35-12-11-34-22/h5-10,13,17-18H,11-12,14-16H2,1-4H3,(H,27,31)/t18-/m1/s1. The number of hydrogen-bond donors (Lipinski definition) is 1. The Morgan fingerprint density at radius 2 is 1.72 bits per heavy atom. The highest BCUT2D eigenvalue weighted by molar-refractivity contribution is 7.92. The Morgan fingerprint density at radius 3 is 2.36 bits per heavy atom. The van der Waals surface area contributed by atoms with Gasteiger partial charge in [0.25, 0.3) is 0 Å². The maximum atomic E-state index is 14.4. The summed E-state index contributed by atoms with van der Waals surface area (Å²) in [4.78, 5) is 27.5. The molecule has 196 valence electrons. The lowest BCUT2D eigenvalue weighted by molar-refractivity contribution is -0.139. The maximum absolute atomic E-state index is 14.4. The molecule has 2 amide bonds. The molecule has 0 aliphatic carbocycles. The van der Waals surface area contributed by atoms with Crippen molar-refractivity contribution in [1.29, 1.82) is 0 Å². The van der Waals surface area contributed by atoms with Gasteiger partial charge < -0.3 is 19.7 Å². The van der Waals surface area contributed by atoms with Crippen molar-refractivity contribution in [2.75, 3.05) is 36.9 Å². The van der Waals surface area contributed by atoms with E-state index in [0.717, 1.165) is 10.6 Å². The van der Waals surface area contributed by atoms with E-state index in [4.69, 9.17) is 9.47 Å². The third-order valence-corrected chi connectivity index (χ3v) is 6.78. The molecule has 0 bridgehead atoms. The van der Waals surface area contributed by atoms with Gasteiger partial charge in [-0.2, -0.15) is 0 Å². The third-order valence-electron chi connectivity index (χ3n) is 5.64. The lowest BCUT2D eigenvalue weighted by Crippen LogP contribution is -2.51. The van der Waals surface area contributed by atoms with Crippen molar-refractivity contribution in [3.63, 3.8) is 0 Å². The SMILES string of the molecule is CC(C)CNC(=O)[C@@H](C)N(Cc1ccccc1F)C(=O)CN(c1ccc2c(c1)OCCO2)S(C)(=O)=O. The Labute approximate surface area is 211 Å². The molecule has 1 aliphatic heterocycles. The summed E-state index contributed by atoms with van der Waals surface area (Å²) in [5.41, 5.74) is 0.414. The van der Waals surface area contributed by atoms with Gasteiger partial charge in [0.1, 0.15) is 31.6 Å². The number of carbonyl (C=O) groups is 2. The zero-order valence-corrected chi connectivity index (χ0v) is 21.7. The van der Waals surface area contributed by atoms with E-state index in [9.17, 15) is 22.4 Å². The van der Waals surface area contributed by atoms with Crippen LogP contribution in [0.2, 0.25) is 0 Å². The van der Waals surface area contributed by atoms with Gasteiger partial charge in [-0.05, 0) is 31.0 Å². The highest BCUT2D eigenvalue weighted by Gasteiger charge is 2.31. The van der Waals surface area contributed by atoms with E-state index in [1.807, 2.05) is 13.8 Å². The van der Waals surface area contributed by atoms with Gasteiger partial charge in [0, 0.05) is 24.7 Å². The van der Waals surface area contributed by atoms with Gasteiger partial charge in [0.15, 0.2) is 11.5 Å². The Morgan fingerprint density at radius 1 is 1.06 bits per heavy atom. The molecular formula is C25H32FN3O6S. The fourth-order valence-electron chi connectivity index (χ4n) is 3.65. The second kappa shape index (κ2) is 11.6. The number of halogens is 1. The van der Waals surface area contributed by atoms with Crippen LogP contribution in [0.5, 0.6) is 11.5 Å². The number of ether oxygens (including phenoxy) is 2. The van der Waals surface area contributed by atoms with Crippen LogP contribution in [0.25, 0.3) is 0 Å². The molecule has 11 heteroatoms. The fourth-order valence-corrected chi connectivity index (χ4v) is 4.49. The number of amides is 2. The van der Waals surface area contributed by atoms with Gasteiger partial charge in [-0.1, -0.05) is 32.0 Å². The summed E-state index contributed by atoms with van der Waals surface area (Å²) >= 11 is 0. The molecule has 0 saturated carbocycles. The van der Waals surface area contributed by atoms with Crippen molar-refractivity contribution in [3.8, 4) is 11.5 Å². The first kappa shape index (κ1) is 27.3. The molecular weight excluding hydrogens is 489 g/mol. The predicted octanol–water partition coefficient (Wildman–Crippen LogP) is 2.55. The molecule has 0 aromatic heterocycles. The topological polar surface area (TPSA) is 105 Å². The van der Waals surface area contributed by atoms with Crippen LogP contribution in [0.3, 0.4) is 0 Å². The molecule has 1 atom stereocenters. The lowest BCUT2D eigenvalue weighted by Gasteiger charge is -2.32. The molecule has 0 radical (unpaired) electrons. The van der Waals surface area contributed by atoms with E-state index >= 15 is 0 Å². The quantitative estimate of drug-likeness (QED) is 0.515. The number of anilines is 1. The second-order valence-electron chi connectivity index (χ2n) is 9.03. The molecule has 0 saturated heterocycles. The van der Waals surface area contributed by atoms with Crippen LogP contribution in [0.15, 0.2) is 42.5 Å². The molecule has 1 N–H and O–H groups in total. The number of sulfonamides is 1. The van der Waals surface area contributed by atoms with E-state index < -0.39 is 40.2 Å². The van der Waals surface area contributed by atoms with Gasteiger partial charge in [-0.25, -0.2) is 12.8 Å². The highest BCUT2D eigenvalue weighted by Crippen LogP contribution is 2.34. The summed E-state index contributed by atoms with van der Waals surface area (Å²) in [6, 6.07) is 9.54. The predicted molar refractivity (Wildman–Crippen MR) is 134 cm³/mol. The molecule has 9 nitrogen and oxygen atoms in total. The van der Waals surface area contributed by atoms with Crippen LogP contribution in [0.4, 0.5) is 10.1 Å². The first-order valence-electron chi connectivity index (χ1n) is 11.6. The van der Waals surface area contributed by atoms with E-state index in [2.05, 4.69) is 5.32 Å². The summed E-state index contributed by atoms with van der Waals surface area (Å²) in [5, 5.41) is 2.78. The van der Waals surface area contributed by atoms with Crippen molar-refractivity contribution >= 4 is 27.5 Å². The molecule has 2 aromatic carbocycles. The third kappa shape index (κ3) is 6.87. The van der Waals surface area contributed by atoms with E-state index in [0.29, 0.717) is 31.3 Å². The molecule has 2 aromatic rings. The molecule has 36 heavy (non-hydrogen) atoms. The van der Waals surface area contributed by atoms with Crippen molar-refractivity contribution < 1.29 is 31.9 Å². The molecule has 3 rings (SSSR count). The van der Waals surface area contributed by atoms with Crippen molar-refractivity contribution in [2.45, 2.75) is 33.4 Å². The van der Waals surface area contributed by atoms with Crippen LogP contribution < -0.4 is 19.1 Å². The fraction of sp³-hybridized carbons (Fsp3) is 0.440. The van der Waals surface area contributed by atoms with Gasteiger partial charge in [0.05, 0.1) is 11.9 Å². The summed E-state index contributed by atoms with van der Waals surface area (Å²) in [5.74, 6) is -0.583. The minimum atomic E-state index is -3.91. The van der Waals surface area contributed by atoms with Gasteiger partial charge in [0.2, 0.25) is 21.8 Å². The van der Waals surface area contributed by atoms with Crippen LogP contribution in [0.1, 0.15) is 26.3 Å². The van der Waals surface area contributed by atoms with E-state index in [1.54, 1.807) is 12.1 Å². The molecule has 0 spiro atoms. The second-order valence-corrected chi connectivity index (χ2v) is 10.9. The summed E-state index contributed by atoms with van der Waals surface area (Å²) in [7, 11) is -3.91. The van der Waals surface area contributed by atoms with Crippen LogP contribution >= 0.6 is 0 Å². The van der Waals surface area contributed by atoms with Gasteiger partial charge >= 0.3 is 0 Å². The number of carbonyl (C=O) groups excluding carboxylic acids is 2. The average Bonchev–Trinajstić information content (AvgIpc) is 2.83. The van der Waals surface area contributed by atoms with E-state index in [-0.39, 0.29) is 23.7 Å². The normalized spacial score (nSPS) is 13.7. The minimum Gasteiger partial charge on any atom is -0.486 e. The Balaban J connectivity index is 1.91. The minimum absolute atomic E-state index is 0.188. The summed E-state index contributed by atoms with van der Waals surface area (Å²) in [6.45, 7) is 5.70. The van der Waals surface area contributed by atoms with Crippen molar-refractivity contribution in [3.05, 3.63) is 53.8 Å². The van der Waals surface area contributed by atoms with Crippen molar-refractivity contribution in [2.24, 2.45) is 5.92 Å². The van der Waals surface area contributed by atoms with Gasteiger partial charge in [-0.15, -0.1) is 0 Å². The number of nitrogens with zero attached hydrogens (tertiary/aromatic N) is 2.